The Morgan fingerprint density at radius 3 is 0.652 bits per heavy atom. The lowest BCUT2D eigenvalue weighted by Crippen LogP contribution is -2.61. The predicted octanol–water partition coefficient (Wildman–Crippen LogP) is 33.0. The second-order valence-corrected chi connectivity index (χ2v) is 35.2. The molecule has 0 atom stereocenters. The molecule has 0 saturated heterocycles. The van der Waals surface area contributed by atoms with Crippen LogP contribution in [0, 0.1) is 0 Å². The number of benzene rings is 21. The molecule has 630 valence electrons. The lowest BCUT2D eigenvalue weighted by Gasteiger charge is -2.46. The van der Waals surface area contributed by atoms with Crippen molar-refractivity contribution in [2.45, 2.75) is 0 Å². The number of fused-ring (bicyclic) bond motifs is 6. The van der Waals surface area contributed by atoms with E-state index in [2.05, 4.69) is 547 Å². The average Bonchev–Trinajstić information content (AvgIpc) is 1.13. The van der Waals surface area contributed by atoms with Crippen LogP contribution >= 0.6 is 0 Å². The molecule has 0 aliphatic carbocycles. The predicted molar refractivity (Wildman–Crippen MR) is 570 cm³/mol. The summed E-state index contributed by atoms with van der Waals surface area (Å²) in [5.41, 5.74) is 42.7. The summed E-state index contributed by atoms with van der Waals surface area (Å²) in [6, 6.07) is 197. The van der Waals surface area contributed by atoms with E-state index < -0.39 is 6.71 Å². The Hall–Kier alpha value is -17.6. The summed E-state index contributed by atoms with van der Waals surface area (Å²) in [5, 5.41) is 4.65. The Morgan fingerprint density at radius 1 is 0.141 bits per heavy atom. The highest BCUT2D eigenvalue weighted by molar-refractivity contribution is 7.00. The van der Waals surface area contributed by atoms with Gasteiger partial charge in [-0.3, -0.25) is 0 Å². The molecule has 23 aromatic rings. The molecule has 0 unspecified atom stereocenters. The second kappa shape index (κ2) is 34.0. The molecule has 21 aromatic carbocycles. The van der Waals surface area contributed by atoms with Gasteiger partial charge >= 0.3 is 0 Å². The van der Waals surface area contributed by atoms with Gasteiger partial charge < -0.3 is 18.9 Å². The Labute approximate surface area is 787 Å². The van der Waals surface area contributed by atoms with Gasteiger partial charge in [0.15, 0.2) is 0 Å². The monoisotopic (exact) mass is 1710 g/mol. The molecular weight excluding hydrogens is 1630 g/mol. The lowest BCUT2D eigenvalue weighted by molar-refractivity contribution is 1.10. The third-order valence-electron chi connectivity index (χ3n) is 27.5. The van der Waals surface area contributed by atoms with E-state index in [4.69, 9.17) is 0 Å². The molecule has 135 heavy (non-hydrogen) atoms. The number of anilines is 6. The maximum absolute atomic E-state index is 2.74. The van der Waals surface area contributed by atoms with Gasteiger partial charge in [0.25, 0.3) is 6.71 Å². The first-order valence-corrected chi connectivity index (χ1v) is 46.6. The summed E-state index contributed by atoms with van der Waals surface area (Å²) in [7, 11) is 0. The molecule has 2 aliphatic heterocycles. The van der Waals surface area contributed by atoms with Crippen molar-refractivity contribution < 1.29 is 0 Å². The SMILES string of the molecule is c1ccc(-c2cccc(-c3cccc(-c4cccc(-c5ccccc5)c4)c3N3c4cc(-n5c(-c6ccccc6)c6ccccc6c5-c5ccccc5)ccc4B4c5ccc(-n6c(-c7ccccc7)c7ccccc7c6-c6ccccc6)cc5N(c5c(-c6cccc(-c7ccccc7)c6)cccc5-c5cccc(-c6ccccc6)c5)c5cc(-c6ccccc6-c6ccccc6)cc3c54)c2)cc1. The number of nitrogens with zero attached hydrogens (tertiary/aromatic N) is 4. The Morgan fingerprint density at radius 2 is 0.363 bits per heavy atom. The Balaban J connectivity index is 0.877. The normalized spacial score (nSPS) is 12.0. The number of hydrogen-bond acceptors (Lipinski definition) is 2. The molecule has 0 spiro atoms. The largest absolute Gasteiger partial charge is 0.310 e. The number of aromatic nitrogens is 2. The smallest absolute Gasteiger partial charge is 0.252 e. The molecule has 0 saturated carbocycles. The van der Waals surface area contributed by atoms with Crippen LogP contribution in [0.3, 0.4) is 0 Å². The van der Waals surface area contributed by atoms with Crippen molar-refractivity contribution in [3.63, 3.8) is 0 Å². The molecule has 25 rings (SSSR count). The summed E-state index contributed by atoms with van der Waals surface area (Å²) < 4.78 is 5.16. The van der Waals surface area contributed by atoms with Crippen LogP contribution in [-0.2, 0) is 0 Å². The van der Waals surface area contributed by atoms with E-state index in [1.165, 1.54) is 0 Å². The maximum atomic E-state index is 2.74. The summed E-state index contributed by atoms with van der Waals surface area (Å²) >= 11 is 0. The highest BCUT2D eigenvalue weighted by Gasteiger charge is 2.47. The molecule has 0 N–H and O–H groups in total. The van der Waals surface area contributed by atoms with E-state index in [1.807, 2.05) is 0 Å². The van der Waals surface area contributed by atoms with Crippen molar-refractivity contribution in [1.82, 2.24) is 9.13 Å². The van der Waals surface area contributed by atoms with Gasteiger partial charge in [0.05, 0.1) is 34.2 Å². The molecule has 0 amide bonds. The highest BCUT2D eigenvalue weighted by Crippen LogP contribution is 2.57. The topological polar surface area (TPSA) is 16.3 Å². The molecule has 0 fully saturated rings. The summed E-state index contributed by atoms with van der Waals surface area (Å²) in [5.74, 6) is 0. The Kier molecular flexibility index (Phi) is 20.0. The van der Waals surface area contributed by atoms with E-state index >= 15 is 0 Å². The summed E-state index contributed by atoms with van der Waals surface area (Å²) in [4.78, 5) is 5.48. The van der Waals surface area contributed by atoms with E-state index in [1.54, 1.807) is 0 Å². The third kappa shape index (κ3) is 14.0. The fourth-order valence-corrected chi connectivity index (χ4v) is 21.5. The fourth-order valence-electron chi connectivity index (χ4n) is 21.5. The van der Waals surface area contributed by atoms with Gasteiger partial charge in [0.1, 0.15) is 0 Å². The molecule has 0 radical (unpaired) electrons. The van der Waals surface area contributed by atoms with Crippen molar-refractivity contribution in [3.8, 4) is 168 Å². The van der Waals surface area contributed by atoms with E-state index in [0.29, 0.717) is 0 Å². The van der Waals surface area contributed by atoms with Crippen LogP contribution in [0.2, 0.25) is 0 Å². The lowest BCUT2D eigenvalue weighted by atomic mass is 9.33. The standard InChI is InChI=1S/C130H87BN4/c1-10-40-88(41-11-1)97-58-34-62-101(80-97)110-72-38-73-111(102-63-35-59-98(81-102)89-42-12-2-13-43-89)129(110)134-120-86-106(132-125(93-50-20-6-21-51-93)114-68-30-31-69-115(114)126(132)94-52-22-7-23-53-94)76-78-118(120)131-119-79-77-107(133-127(95-54-24-8-25-55-95)116-70-32-33-71-117(116)128(133)96-56-26-9-27-57-96)87-121(119)135(123-85-105(84-122(134)124(123)131)109-67-29-28-66-108(109)92-48-18-5-19-49-92)130-112(103-64-36-60-99(82-103)90-44-14-3-15-45-90)74-39-75-113(130)104-65-37-61-100(83-104)91-46-16-4-17-47-91/h1-87H. The fraction of sp³-hybridized carbons (Fsp3) is 0. The van der Waals surface area contributed by atoms with Crippen molar-refractivity contribution in [2.24, 2.45) is 0 Å². The van der Waals surface area contributed by atoms with E-state index in [9.17, 15) is 0 Å². The zero-order valence-corrected chi connectivity index (χ0v) is 74.1. The van der Waals surface area contributed by atoms with E-state index in [0.717, 1.165) is 240 Å². The minimum absolute atomic E-state index is 0.428. The minimum Gasteiger partial charge on any atom is -0.310 e. The molecule has 5 heteroatoms. The van der Waals surface area contributed by atoms with Gasteiger partial charge in [-0.15, -0.1) is 0 Å². The number of rotatable bonds is 18. The second-order valence-electron chi connectivity index (χ2n) is 35.2. The molecule has 2 aromatic heterocycles. The van der Waals surface area contributed by atoms with Crippen LogP contribution in [0.25, 0.3) is 189 Å². The van der Waals surface area contributed by atoms with Gasteiger partial charge in [0, 0.05) is 77.9 Å². The van der Waals surface area contributed by atoms with Crippen LogP contribution in [0.4, 0.5) is 34.1 Å². The van der Waals surface area contributed by atoms with Crippen molar-refractivity contribution in [3.05, 3.63) is 528 Å². The van der Waals surface area contributed by atoms with Crippen LogP contribution < -0.4 is 26.2 Å². The number of para-hydroxylation sites is 2. The van der Waals surface area contributed by atoms with E-state index in [-0.39, 0.29) is 0 Å². The quantitative estimate of drug-likeness (QED) is 0.0796. The zero-order chi connectivity index (χ0) is 89.2. The van der Waals surface area contributed by atoms with Crippen LogP contribution in [0.5, 0.6) is 0 Å². The van der Waals surface area contributed by atoms with Gasteiger partial charge in [-0.05, 0) is 188 Å². The molecule has 0 bridgehead atoms. The summed E-state index contributed by atoms with van der Waals surface area (Å²) in [6.45, 7) is -0.428. The summed E-state index contributed by atoms with van der Waals surface area (Å²) in [6.07, 6.45) is 0. The van der Waals surface area contributed by atoms with Crippen LogP contribution in [-0.4, -0.2) is 15.8 Å². The minimum atomic E-state index is -0.428. The molecule has 4 heterocycles. The Bertz CT molecular complexity index is 7640. The first kappa shape index (κ1) is 79.5. The zero-order valence-electron chi connectivity index (χ0n) is 74.1. The van der Waals surface area contributed by atoms with Crippen LogP contribution in [0.1, 0.15) is 0 Å². The third-order valence-corrected chi connectivity index (χ3v) is 27.5. The van der Waals surface area contributed by atoms with Crippen molar-refractivity contribution in [1.29, 1.82) is 0 Å². The van der Waals surface area contributed by atoms with Crippen molar-refractivity contribution >= 4 is 78.8 Å². The molecule has 2 aliphatic rings. The molecule has 4 nitrogen and oxygen atoms in total. The average molecular weight is 1720 g/mol. The first-order chi connectivity index (χ1) is 67.0. The van der Waals surface area contributed by atoms with Gasteiger partial charge in [0.2, 0.25) is 0 Å². The van der Waals surface area contributed by atoms with Crippen LogP contribution in [0.15, 0.2) is 528 Å². The first-order valence-electron chi connectivity index (χ1n) is 46.6. The van der Waals surface area contributed by atoms with Crippen molar-refractivity contribution in [2.75, 3.05) is 9.80 Å². The van der Waals surface area contributed by atoms with Gasteiger partial charge in [-0.2, -0.15) is 0 Å². The van der Waals surface area contributed by atoms with Gasteiger partial charge in [-0.1, -0.05) is 467 Å². The molecular formula is C130H87BN4. The van der Waals surface area contributed by atoms with Gasteiger partial charge in [-0.25, -0.2) is 0 Å². The maximum Gasteiger partial charge on any atom is 0.252 e. The highest BCUT2D eigenvalue weighted by atomic mass is 15.2. The number of hydrogen-bond donors (Lipinski definition) is 0.